The first-order valence-electron chi connectivity index (χ1n) is 11.0. The first-order valence-corrected chi connectivity index (χ1v) is 11.0. The molecule has 1 amide bonds. The van der Waals surface area contributed by atoms with Crippen LogP contribution in [0.3, 0.4) is 0 Å². The van der Waals surface area contributed by atoms with Crippen LogP contribution in [-0.2, 0) is 4.74 Å². The summed E-state index contributed by atoms with van der Waals surface area (Å²) in [4.78, 5) is 19.5. The summed E-state index contributed by atoms with van der Waals surface area (Å²) in [6, 6.07) is 21.7. The van der Waals surface area contributed by atoms with Gasteiger partial charge in [0.05, 0.1) is 23.5 Å². The van der Waals surface area contributed by atoms with Gasteiger partial charge in [-0.25, -0.2) is 9.78 Å². The van der Waals surface area contributed by atoms with E-state index in [0.717, 1.165) is 16.6 Å². The molecule has 7 heteroatoms. The van der Waals surface area contributed by atoms with E-state index >= 15 is 0 Å². The van der Waals surface area contributed by atoms with Gasteiger partial charge >= 0.3 is 6.09 Å². The van der Waals surface area contributed by atoms with Crippen LogP contribution < -0.4 is 5.32 Å². The Morgan fingerprint density at radius 1 is 1.00 bits per heavy atom. The van der Waals surface area contributed by atoms with Crippen molar-refractivity contribution in [3.63, 3.8) is 0 Å². The van der Waals surface area contributed by atoms with Gasteiger partial charge < -0.3 is 25.3 Å². The van der Waals surface area contributed by atoms with E-state index in [2.05, 4.69) is 39.6 Å². The number of amides is 1. The number of alkyl carbamates (subject to hydrolysis) is 1. The standard InChI is InChI=1S/C26H25N3O4/c30-23(25(31)20-10-5-11-22-24(20)29-15-28-22)12-13-27-26(32)33-14-21-18-8-3-1-6-16(18)17-7-2-4-9-19(17)21/h1-11,15,21,23,25,30-31H,12-14H2,(H,27,32)(H,28,29). The summed E-state index contributed by atoms with van der Waals surface area (Å²) in [5.41, 5.74) is 6.60. The zero-order chi connectivity index (χ0) is 22.8. The molecule has 0 saturated heterocycles. The van der Waals surface area contributed by atoms with Crippen LogP contribution in [0, 0.1) is 0 Å². The van der Waals surface area contributed by atoms with E-state index in [1.54, 1.807) is 18.5 Å². The number of aliphatic hydroxyl groups excluding tert-OH is 2. The monoisotopic (exact) mass is 443 g/mol. The fourth-order valence-corrected chi connectivity index (χ4v) is 4.56. The zero-order valence-corrected chi connectivity index (χ0v) is 17.9. The van der Waals surface area contributed by atoms with E-state index in [-0.39, 0.29) is 25.5 Å². The first kappa shape index (κ1) is 21.2. The lowest BCUT2D eigenvalue weighted by atomic mass is 9.98. The predicted molar refractivity (Wildman–Crippen MR) is 125 cm³/mol. The average molecular weight is 444 g/mol. The molecular formula is C26H25N3O4. The molecule has 3 aromatic carbocycles. The fraction of sp³-hybridized carbons (Fsp3) is 0.231. The highest BCUT2D eigenvalue weighted by molar-refractivity contribution is 5.79. The summed E-state index contributed by atoms with van der Waals surface area (Å²) in [6.07, 6.45) is -0.992. The normalized spacial score (nSPS) is 14.5. The topological polar surface area (TPSA) is 107 Å². The summed E-state index contributed by atoms with van der Waals surface area (Å²) in [5.74, 6) is -0.00935. The molecule has 0 saturated carbocycles. The third-order valence-electron chi connectivity index (χ3n) is 6.22. The van der Waals surface area contributed by atoms with E-state index in [9.17, 15) is 15.0 Å². The highest BCUT2D eigenvalue weighted by atomic mass is 16.5. The quantitative estimate of drug-likeness (QED) is 0.347. The van der Waals surface area contributed by atoms with E-state index in [4.69, 9.17) is 4.74 Å². The molecular weight excluding hydrogens is 418 g/mol. The predicted octanol–water partition coefficient (Wildman–Crippen LogP) is 3.89. The number of carbonyl (C=O) groups excluding carboxylic acids is 1. The third-order valence-corrected chi connectivity index (χ3v) is 6.22. The second-order valence-electron chi connectivity index (χ2n) is 8.20. The molecule has 7 nitrogen and oxygen atoms in total. The molecule has 1 aromatic heterocycles. The Balaban J connectivity index is 1.15. The lowest BCUT2D eigenvalue weighted by Gasteiger charge is -2.19. The number of imidazole rings is 1. The summed E-state index contributed by atoms with van der Waals surface area (Å²) in [6.45, 7) is 0.400. The highest BCUT2D eigenvalue weighted by Crippen LogP contribution is 2.44. The number of aromatic amines is 1. The number of aliphatic hydroxyl groups is 2. The summed E-state index contributed by atoms with van der Waals surface area (Å²) >= 11 is 0. The molecule has 0 spiro atoms. The second kappa shape index (κ2) is 9.05. The number of nitrogens with one attached hydrogen (secondary N) is 2. The molecule has 2 atom stereocenters. The van der Waals surface area contributed by atoms with Gasteiger partial charge in [-0.1, -0.05) is 60.7 Å². The van der Waals surface area contributed by atoms with E-state index in [0.29, 0.717) is 11.1 Å². The molecule has 0 aliphatic heterocycles. The maximum atomic E-state index is 12.3. The van der Waals surface area contributed by atoms with Gasteiger partial charge in [-0.05, 0) is 34.7 Å². The van der Waals surface area contributed by atoms with Crippen molar-refractivity contribution in [3.8, 4) is 11.1 Å². The Bertz CT molecular complexity index is 1240. The van der Waals surface area contributed by atoms with Gasteiger partial charge in [0.15, 0.2) is 0 Å². The van der Waals surface area contributed by atoms with Gasteiger partial charge in [0.25, 0.3) is 0 Å². The number of ether oxygens (including phenoxy) is 1. The molecule has 0 bridgehead atoms. The zero-order valence-electron chi connectivity index (χ0n) is 17.9. The number of nitrogens with zero attached hydrogens (tertiary/aromatic N) is 1. The number of fused-ring (bicyclic) bond motifs is 4. The number of aromatic nitrogens is 2. The number of hydrogen-bond donors (Lipinski definition) is 4. The van der Waals surface area contributed by atoms with Crippen molar-refractivity contribution >= 4 is 17.1 Å². The summed E-state index contributed by atoms with van der Waals surface area (Å²) in [5, 5.41) is 23.6. The first-order chi connectivity index (χ1) is 16.1. The number of hydrogen-bond acceptors (Lipinski definition) is 5. The van der Waals surface area contributed by atoms with Crippen LogP contribution in [0.25, 0.3) is 22.2 Å². The van der Waals surface area contributed by atoms with Crippen LogP contribution in [-0.4, -0.2) is 45.5 Å². The Morgan fingerprint density at radius 2 is 1.70 bits per heavy atom. The van der Waals surface area contributed by atoms with Crippen molar-refractivity contribution in [2.45, 2.75) is 24.5 Å². The minimum atomic E-state index is -1.11. The number of H-pyrrole nitrogens is 1. The van der Waals surface area contributed by atoms with Crippen molar-refractivity contribution in [2.75, 3.05) is 13.2 Å². The van der Waals surface area contributed by atoms with Gasteiger partial charge in [0, 0.05) is 18.0 Å². The number of para-hydroxylation sites is 1. The van der Waals surface area contributed by atoms with Crippen molar-refractivity contribution in [3.05, 3.63) is 89.7 Å². The van der Waals surface area contributed by atoms with Crippen LogP contribution in [0.4, 0.5) is 4.79 Å². The second-order valence-corrected chi connectivity index (χ2v) is 8.20. The Hall–Kier alpha value is -3.68. The van der Waals surface area contributed by atoms with Crippen molar-refractivity contribution in [2.24, 2.45) is 0 Å². The molecule has 0 fully saturated rings. The van der Waals surface area contributed by atoms with Gasteiger partial charge in [-0.3, -0.25) is 0 Å². The molecule has 33 heavy (non-hydrogen) atoms. The SMILES string of the molecule is O=C(NCCC(O)C(O)c1cccc2[nH]cnc12)OCC1c2ccccc2-c2ccccc21. The minimum Gasteiger partial charge on any atom is -0.449 e. The van der Waals surface area contributed by atoms with Gasteiger partial charge in [0.2, 0.25) is 0 Å². The lowest BCUT2D eigenvalue weighted by Crippen LogP contribution is -2.30. The minimum absolute atomic E-state index is 0.00935. The average Bonchev–Trinajstić information content (AvgIpc) is 3.45. The smallest absolute Gasteiger partial charge is 0.407 e. The molecule has 5 rings (SSSR count). The van der Waals surface area contributed by atoms with E-state index < -0.39 is 18.3 Å². The Labute approximate surface area is 191 Å². The van der Waals surface area contributed by atoms with Crippen molar-refractivity contribution < 1.29 is 19.7 Å². The van der Waals surface area contributed by atoms with E-state index in [1.807, 2.05) is 30.3 Å². The van der Waals surface area contributed by atoms with Crippen LogP contribution >= 0.6 is 0 Å². The third kappa shape index (κ3) is 4.08. The number of benzene rings is 3. The molecule has 1 aliphatic rings. The maximum Gasteiger partial charge on any atom is 0.407 e. The largest absolute Gasteiger partial charge is 0.449 e. The fourth-order valence-electron chi connectivity index (χ4n) is 4.56. The van der Waals surface area contributed by atoms with Crippen molar-refractivity contribution in [1.29, 1.82) is 0 Å². The molecule has 0 radical (unpaired) electrons. The molecule has 2 unspecified atom stereocenters. The highest BCUT2D eigenvalue weighted by Gasteiger charge is 2.29. The summed E-state index contributed by atoms with van der Waals surface area (Å²) in [7, 11) is 0. The van der Waals surface area contributed by atoms with Crippen LogP contribution in [0.1, 0.15) is 35.1 Å². The van der Waals surface area contributed by atoms with Gasteiger partial charge in [-0.2, -0.15) is 0 Å². The van der Waals surface area contributed by atoms with Gasteiger partial charge in [0.1, 0.15) is 12.7 Å². The van der Waals surface area contributed by atoms with Crippen LogP contribution in [0.2, 0.25) is 0 Å². The Morgan fingerprint density at radius 3 is 2.42 bits per heavy atom. The van der Waals surface area contributed by atoms with Crippen LogP contribution in [0.15, 0.2) is 73.1 Å². The maximum absolute atomic E-state index is 12.3. The lowest BCUT2D eigenvalue weighted by molar-refractivity contribution is 0.0144. The molecule has 1 aliphatic carbocycles. The van der Waals surface area contributed by atoms with Gasteiger partial charge in [-0.15, -0.1) is 0 Å². The number of carbonyl (C=O) groups is 1. The Kier molecular flexibility index (Phi) is 5.81. The number of rotatable bonds is 7. The van der Waals surface area contributed by atoms with E-state index in [1.165, 1.54) is 11.1 Å². The molecule has 4 aromatic rings. The van der Waals surface area contributed by atoms with Crippen molar-refractivity contribution in [1.82, 2.24) is 15.3 Å². The molecule has 168 valence electrons. The summed E-state index contributed by atoms with van der Waals surface area (Å²) < 4.78 is 5.51. The molecule has 1 heterocycles. The molecule has 4 N–H and O–H groups in total. The van der Waals surface area contributed by atoms with Crippen LogP contribution in [0.5, 0.6) is 0 Å².